The molecule has 0 aliphatic carbocycles. The summed E-state index contributed by atoms with van der Waals surface area (Å²) >= 11 is 0. The number of fused-ring (bicyclic) bond motifs is 1. The maximum absolute atomic E-state index is 11.1. The Morgan fingerprint density at radius 2 is 2.09 bits per heavy atom. The van der Waals surface area contributed by atoms with E-state index in [-0.39, 0.29) is 0 Å². The van der Waals surface area contributed by atoms with Crippen molar-refractivity contribution in [2.24, 2.45) is 0 Å². The molecule has 4 aromatic heterocycles. The van der Waals surface area contributed by atoms with E-state index in [2.05, 4.69) is 10.1 Å². The van der Waals surface area contributed by atoms with Crippen molar-refractivity contribution in [1.82, 2.24) is 14.6 Å². The van der Waals surface area contributed by atoms with Gasteiger partial charge in [0.15, 0.2) is 23.8 Å². The smallest absolute Gasteiger partial charge is 0.219 e. The third-order valence-corrected chi connectivity index (χ3v) is 3.36. The minimum absolute atomic E-state index is 0.317. The lowest BCUT2D eigenvalue weighted by atomic mass is 10.3. The number of nitrogens with zero attached hydrogens (tertiary/aromatic N) is 4. The van der Waals surface area contributed by atoms with Crippen LogP contribution in [-0.2, 0) is 6.61 Å². The van der Waals surface area contributed by atoms with Crippen LogP contribution in [0.5, 0.6) is 5.88 Å². The molecule has 23 heavy (non-hydrogen) atoms. The highest BCUT2D eigenvalue weighted by molar-refractivity contribution is 5.58. The second kappa shape index (κ2) is 5.45. The second-order valence-corrected chi connectivity index (χ2v) is 4.91. The van der Waals surface area contributed by atoms with Gasteiger partial charge >= 0.3 is 0 Å². The van der Waals surface area contributed by atoms with Crippen molar-refractivity contribution in [3.8, 4) is 17.3 Å². The zero-order valence-corrected chi connectivity index (χ0v) is 12.0. The fraction of sp³-hybridized carbons (Fsp3) is 0.0625. The molecule has 0 N–H and O–H groups in total. The second-order valence-electron chi connectivity index (χ2n) is 4.91. The van der Waals surface area contributed by atoms with Crippen molar-refractivity contribution in [1.29, 1.82) is 0 Å². The molecule has 0 spiro atoms. The first kappa shape index (κ1) is 13.3. The summed E-state index contributed by atoms with van der Waals surface area (Å²) in [6, 6.07) is 10.6. The van der Waals surface area contributed by atoms with E-state index in [1.807, 2.05) is 6.07 Å². The molecule has 0 saturated heterocycles. The Labute approximate surface area is 131 Å². The van der Waals surface area contributed by atoms with Gasteiger partial charge in [-0.1, -0.05) is 0 Å². The number of furan rings is 1. The zero-order chi connectivity index (χ0) is 15.6. The molecule has 0 amide bonds. The molecule has 0 bridgehead atoms. The van der Waals surface area contributed by atoms with E-state index in [9.17, 15) is 5.21 Å². The molecule has 4 rings (SSSR count). The van der Waals surface area contributed by atoms with Crippen LogP contribution in [-0.4, -0.2) is 14.6 Å². The molecule has 0 aromatic carbocycles. The molecule has 4 heterocycles. The summed E-state index contributed by atoms with van der Waals surface area (Å²) in [7, 11) is 0. The highest BCUT2D eigenvalue weighted by Gasteiger charge is 2.11. The quantitative estimate of drug-likeness (QED) is 0.426. The monoisotopic (exact) mass is 308 g/mol. The fourth-order valence-electron chi connectivity index (χ4n) is 2.24. The van der Waals surface area contributed by atoms with Crippen molar-refractivity contribution in [2.45, 2.75) is 6.61 Å². The van der Waals surface area contributed by atoms with Gasteiger partial charge in [-0.05, 0) is 12.1 Å². The van der Waals surface area contributed by atoms with Crippen LogP contribution < -0.4 is 9.47 Å². The van der Waals surface area contributed by atoms with Gasteiger partial charge in [-0.15, -0.1) is 0 Å². The van der Waals surface area contributed by atoms with E-state index in [4.69, 9.17) is 9.15 Å². The first-order valence-corrected chi connectivity index (χ1v) is 6.99. The predicted octanol–water partition coefficient (Wildman–Crippen LogP) is 2.20. The largest absolute Gasteiger partial charge is 0.619 e. The molecule has 4 aromatic rings. The number of hydrogen-bond donors (Lipinski definition) is 0. The Kier molecular flexibility index (Phi) is 3.16. The molecule has 0 atom stereocenters. The van der Waals surface area contributed by atoms with Crippen LogP contribution in [0.4, 0.5) is 0 Å². The predicted molar refractivity (Wildman–Crippen MR) is 80.4 cm³/mol. The summed E-state index contributed by atoms with van der Waals surface area (Å²) in [5, 5.41) is 15.3. The molecule has 0 unspecified atom stereocenters. The van der Waals surface area contributed by atoms with Gasteiger partial charge in [-0.2, -0.15) is 14.3 Å². The average molecular weight is 308 g/mol. The van der Waals surface area contributed by atoms with Gasteiger partial charge in [-0.25, -0.2) is 4.98 Å². The van der Waals surface area contributed by atoms with E-state index in [1.54, 1.807) is 47.3 Å². The lowest BCUT2D eigenvalue weighted by Crippen LogP contribution is -2.23. The molecular formula is C16H12N4O3. The molecule has 0 aliphatic rings. The first-order valence-electron chi connectivity index (χ1n) is 6.99. The molecule has 0 radical (unpaired) electrons. The van der Waals surface area contributed by atoms with Gasteiger partial charge in [-0.3, -0.25) is 0 Å². The first-order chi connectivity index (χ1) is 11.3. The maximum Gasteiger partial charge on any atom is 0.219 e. The summed E-state index contributed by atoms with van der Waals surface area (Å²) in [5.41, 5.74) is 2.22. The Hall–Kier alpha value is -3.35. The lowest BCUT2D eigenvalue weighted by molar-refractivity contribution is -0.605. The molecular weight excluding hydrogens is 296 g/mol. The van der Waals surface area contributed by atoms with E-state index < -0.39 is 0 Å². The maximum atomic E-state index is 11.1. The van der Waals surface area contributed by atoms with Crippen molar-refractivity contribution in [3.63, 3.8) is 0 Å². The van der Waals surface area contributed by atoms with Crippen molar-refractivity contribution < 1.29 is 13.9 Å². The van der Waals surface area contributed by atoms with Crippen molar-refractivity contribution in [3.05, 3.63) is 72.0 Å². The normalized spacial score (nSPS) is 11.0. The van der Waals surface area contributed by atoms with Gasteiger partial charge in [0.05, 0.1) is 12.5 Å². The van der Waals surface area contributed by atoms with E-state index >= 15 is 0 Å². The van der Waals surface area contributed by atoms with Crippen LogP contribution in [0, 0.1) is 5.21 Å². The fourth-order valence-corrected chi connectivity index (χ4v) is 2.24. The summed E-state index contributed by atoms with van der Waals surface area (Å²) in [5.74, 6) is 1.20. The number of aromatic nitrogens is 4. The van der Waals surface area contributed by atoms with Crippen LogP contribution in [0.2, 0.25) is 0 Å². The van der Waals surface area contributed by atoms with Gasteiger partial charge in [0.25, 0.3) is 0 Å². The van der Waals surface area contributed by atoms with Crippen LogP contribution in [0.3, 0.4) is 0 Å². The standard InChI is InChI=1S/C16H12N4O3/c21-19-7-4-12(5-8-19)11-23-16-10-13(14-2-1-9-22-14)18-15-3-6-17-20(15)16/h1-10H,11H2. The van der Waals surface area contributed by atoms with Crippen LogP contribution >= 0.6 is 0 Å². The van der Waals surface area contributed by atoms with Crippen LogP contribution in [0.1, 0.15) is 5.56 Å². The number of ether oxygens (including phenoxy) is 1. The zero-order valence-electron chi connectivity index (χ0n) is 12.0. The summed E-state index contributed by atoms with van der Waals surface area (Å²) in [4.78, 5) is 4.49. The molecule has 0 saturated carbocycles. The van der Waals surface area contributed by atoms with E-state index in [0.717, 1.165) is 10.3 Å². The highest BCUT2D eigenvalue weighted by Crippen LogP contribution is 2.24. The minimum atomic E-state index is 0.317. The Morgan fingerprint density at radius 1 is 1.22 bits per heavy atom. The molecule has 0 fully saturated rings. The third-order valence-electron chi connectivity index (χ3n) is 3.36. The van der Waals surface area contributed by atoms with E-state index in [0.29, 0.717) is 29.6 Å². The number of rotatable bonds is 4. The molecule has 114 valence electrons. The Morgan fingerprint density at radius 3 is 2.87 bits per heavy atom. The Balaban J connectivity index is 1.67. The Bertz CT molecular complexity index is 930. The minimum Gasteiger partial charge on any atom is -0.619 e. The average Bonchev–Trinajstić information content (AvgIpc) is 3.25. The van der Waals surface area contributed by atoms with Gasteiger partial charge in [0.1, 0.15) is 12.3 Å². The summed E-state index contributed by atoms with van der Waals surface area (Å²) < 4.78 is 13.6. The third kappa shape index (κ3) is 2.59. The van der Waals surface area contributed by atoms with Gasteiger partial charge < -0.3 is 14.4 Å². The van der Waals surface area contributed by atoms with Gasteiger partial charge in [0, 0.05) is 29.8 Å². The van der Waals surface area contributed by atoms with Gasteiger partial charge in [0.2, 0.25) is 5.88 Å². The number of hydrogen-bond acceptors (Lipinski definition) is 5. The highest BCUT2D eigenvalue weighted by atomic mass is 16.5. The lowest BCUT2D eigenvalue weighted by Gasteiger charge is -2.09. The van der Waals surface area contributed by atoms with Crippen LogP contribution in [0.15, 0.2) is 65.7 Å². The summed E-state index contributed by atoms with van der Waals surface area (Å²) in [6.45, 7) is 0.317. The molecule has 7 nitrogen and oxygen atoms in total. The van der Waals surface area contributed by atoms with Crippen LogP contribution in [0.25, 0.3) is 17.1 Å². The topological polar surface area (TPSA) is 79.5 Å². The number of pyridine rings is 1. The molecule has 0 aliphatic heterocycles. The molecule has 7 heteroatoms. The SMILES string of the molecule is [O-][n+]1ccc(COc2cc(-c3ccco3)nc3ccnn23)cc1. The summed E-state index contributed by atoms with van der Waals surface area (Å²) in [6.07, 6.45) is 6.12. The van der Waals surface area contributed by atoms with Crippen molar-refractivity contribution >= 4 is 5.65 Å². The van der Waals surface area contributed by atoms with Crippen molar-refractivity contribution in [2.75, 3.05) is 0 Å². The van der Waals surface area contributed by atoms with E-state index in [1.165, 1.54) is 12.4 Å².